The first-order chi connectivity index (χ1) is 18.3. The van der Waals surface area contributed by atoms with Crippen LogP contribution in [-0.2, 0) is 33.7 Å². The molecule has 0 bridgehead atoms. The molecule has 0 spiro atoms. The van der Waals surface area contributed by atoms with Crippen molar-refractivity contribution in [3.63, 3.8) is 0 Å². The van der Waals surface area contributed by atoms with Crippen molar-refractivity contribution in [3.05, 3.63) is 99.5 Å². The summed E-state index contributed by atoms with van der Waals surface area (Å²) in [7, 11) is 1.34. The Balaban J connectivity index is 1.56. The van der Waals surface area contributed by atoms with E-state index in [1.807, 2.05) is 54.6 Å². The maximum Gasteiger partial charge on any atom is 0.319 e. The van der Waals surface area contributed by atoms with E-state index >= 15 is 0 Å². The normalized spacial score (nSPS) is 15.2. The van der Waals surface area contributed by atoms with E-state index in [0.29, 0.717) is 41.5 Å². The SMILES string of the molecule is COC(=O)C[C@H]1Cc2ccccc2CN1C(=O)[C@H](CCc1ccccc1)NC(=O)Nc1ccc(Cl)c(Cl)c1. The number of carbonyl (C=O) groups excluding carboxylic acids is 3. The summed E-state index contributed by atoms with van der Waals surface area (Å²) >= 11 is 12.1. The van der Waals surface area contributed by atoms with Gasteiger partial charge < -0.3 is 20.3 Å². The Hall–Kier alpha value is -3.55. The molecule has 0 aromatic heterocycles. The Labute approximate surface area is 232 Å². The Bertz CT molecular complexity index is 1300. The highest BCUT2D eigenvalue weighted by Crippen LogP contribution is 2.27. The summed E-state index contributed by atoms with van der Waals surface area (Å²) in [5.41, 5.74) is 3.61. The first-order valence-corrected chi connectivity index (χ1v) is 13.1. The highest BCUT2D eigenvalue weighted by atomic mass is 35.5. The quantitative estimate of drug-likeness (QED) is 0.353. The maximum atomic E-state index is 14.0. The lowest BCUT2D eigenvalue weighted by Gasteiger charge is -2.38. The van der Waals surface area contributed by atoms with E-state index in [1.165, 1.54) is 13.2 Å². The Morgan fingerprint density at radius 1 is 0.974 bits per heavy atom. The third-order valence-corrected chi connectivity index (χ3v) is 7.35. The number of nitrogens with one attached hydrogen (secondary N) is 2. The average molecular weight is 554 g/mol. The number of methoxy groups -OCH3 is 1. The number of hydrogen-bond donors (Lipinski definition) is 2. The molecule has 0 aliphatic carbocycles. The van der Waals surface area contributed by atoms with Gasteiger partial charge in [-0.1, -0.05) is 77.8 Å². The van der Waals surface area contributed by atoms with Crippen LogP contribution in [0.4, 0.5) is 10.5 Å². The molecule has 1 aliphatic heterocycles. The van der Waals surface area contributed by atoms with Crippen molar-refractivity contribution < 1.29 is 19.1 Å². The van der Waals surface area contributed by atoms with Gasteiger partial charge in [-0.15, -0.1) is 0 Å². The molecular formula is C29H29Cl2N3O4. The summed E-state index contributed by atoms with van der Waals surface area (Å²) in [6, 6.07) is 20.6. The van der Waals surface area contributed by atoms with Gasteiger partial charge in [0.1, 0.15) is 6.04 Å². The van der Waals surface area contributed by atoms with Crippen molar-refractivity contribution in [1.82, 2.24) is 10.2 Å². The number of carbonyl (C=O) groups is 3. The molecule has 0 unspecified atom stereocenters. The van der Waals surface area contributed by atoms with Gasteiger partial charge in [0.15, 0.2) is 0 Å². The van der Waals surface area contributed by atoms with Crippen LogP contribution in [0.5, 0.6) is 0 Å². The zero-order valence-corrected chi connectivity index (χ0v) is 22.5. The van der Waals surface area contributed by atoms with Gasteiger partial charge in [-0.25, -0.2) is 4.79 Å². The van der Waals surface area contributed by atoms with Crippen molar-refractivity contribution in [2.24, 2.45) is 0 Å². The average Bonchev–Trinajstić information content (AvgIpc) is 2.92. The largest absolute Gasteiger partial charge is 0.469 e. The predicted molar refractivity (Wildman–Crippen MR) is 148 cm³/mol. The van der Waals surface area contributed by atoms with Crippen LogP contribution in [0, 0.1) is 0 Å². The summed E-state index contributed by atoms with van der Waals surface area (Å²) in [4.78, 5) is 40.9. The third kappa shape index (κ3) is 7.05. The van der Waals surface area contributed by atoms with Crippen LogP contribution in [0.1, 0.15) is 29.5 Å². The van der Waals surface area contributed by atoms with E-state index in [2.05, 4.69) is 10.6 Å². The second-order valence-electron chi connectivity index (χ2n) is 9.18. The molecule has 4 rings (SSSR count). The molecule has 1 aliphatic rings. The number of halogens is 2. The molecule has 3 aromatic rings. The second-order valence-corrected chi connectivity index (χ2v) is 9.99. The molecule has 2 N–H and O–H groups in total. The van der Waals surface area contributed by atoms with E-state index in [4.69, 9.17) is 27.9 Å². The summed E-state index contributed by atoms with van der Waals surface area (Å²) < 4.78 is 4.91. The van der Waals surface area contributed by atoms with E-state index < -0.39 is 18.0 Å². The van der Waals surface area contributed by atoms with E-state index in [-0.39, 0.29) is 18.4 Å². The molecule has 7 nitrogen and oxygen atoms in total. The molecule has 0 saturated heterocycles. The topological polar surface area (TPSA) is 87.7 Å². The number of aryl methyl sites for hydroxylation is 1. The first kappa shape index (κ1) is 27.5. The second kappa shape index (κ2) is 12.8. The Morgan fingerprint density at radius 3 is 2.39 bits per heavy atom. The number of rotatable bonds is 8. The van der Waals surface area contributed by atoms with Gasteiger partial charge in [-0.2, -0.15) is 0 Å². The van der Waals surface area contributed by atoms with Crippen LogP contribution in [0.15, 0.2) is 72.8 Å². The van der Waals surface area contributed by atoms with Gasteiger partial charge in [0.25, 0.3) is 0 Å². The molecule has 38 heavy (non-hydrogen) atoms. The lowest BCUT2D eigenvalue weighted by Crippen LogP contribution is -2.54. The van der Waals surface area contributed by atoms with E-state index in [1.54, 1.807) is 17.0 Å². The highest BCUT2D eigenvalue weighted by molar-refractivity contribution is 6.42. The van der Waals surface area contributed by atoms with Crippen LogP contribution in [0.25, 0.3) is 0 Å². The summed E-state index contributed by atoms with van der Waals surface area (Å²) in [6.45, 7) is 0.342. The van der Waals surface area contributed by atoms with Crippen LogP contribution >= 0.6 is 23.2 Å². The minimum Gasteiger partial charge on any atom is -0.469 e. The maximum absolute atomic E-state index is 14.0. The zero-order valence-electron chi connectivity index (χ0n) is 21.0. The number of urea groups is 1. The number of ether oxygens (including phenoxy) is 1. The number of anilines is 1. The minimum absolute atomic E-state index is 0.0669. The minimum atomic E-state index is -0.830. The van der Waals surface area contributed by atoms with Crippen LogP contribution in [-0.4, -0.2) is 42.0 Å². The fraction of sp³-hybridized carbons (Fsp3) is 0.276. The van der Waals surface area contributed by atoms with Crippen molar-refractivity contribution in [2.45, 2.75) is 44.3 Å². The molecule has 0 radical (unpaired) electrons. The molecule has 198 valence electrons. The zero-order chi connectivity index (χ0) is 27.1. The molecular weight excluding hydrogens is 525 g/mol. The number of nitrogens with zero attached hydrogens (tertiary/aromatic N) is 1. The molecule has 2 atom stereocenters. The lowest BCUT2D eigenvalue weighted by atomic mass is 9.91. The predicted octanol–water partition coefficient (Wildman–Crippen LogP) is 5.63. The van der Waals surface area contributed by atoms with Crippen LogP contribution < -0.4 is 10.6 Å². The van der Waals surface area contributed by atoms with Gasteiger partial charge in [-0.05, 0) is 54.2 Å². The smallest absolute Gasteiger partial charge is 0.319 e. The van der Waals surface area contributed by atoms with E-state index in [9.17, 15) is 14.4 Å². The fourth-order valence-electron chi connectivity index (χ4n) is 4.62. The summed E-state index contributed by atoms with van der Waals surface area (Å²) in [5, 5.41) is 6.25. The van der Waals surface area contributed by atoms with E-state index in [0.717, 1.165) is 16.7 Å². The van der Waals surface area contributed by atoms with Gasteiger partial charge in [0.2, 0.25) is 5.91 Å². The number of fused-ring (bicyclic) bond motifs is 1. The van der Waals surface area contributed by atoms with Crippen LogP contribution in [0.3, 0.4) is 0 Å². The molecule has 0 fully saturated rings. The standard InChI is InChI=1S/C29H29Cl2N3O4/c1-38-27(35)17-23-15-20-9-5-6-10-21(20)18-34(23)28(36)26(14-11-19-7-3-2-4-8-19)33-29(37)32-22-12-13-24(30)25(31)16-22/h2-10,12-13,16,23,26H,11,14-15,17-18H2,1H3,(H2,32,33,37)/t23-,26+/m1/s1. The molecule has 3 amide bonds. The molecule has 3 aromatic carbocycles. The molecule has 1 heterocycles. The van der Waals surface area contributed by atoms with Gasteiger partial charge in [-0.3, -0.25) is 9.59 Å². The number of benzene rings is 3. The number of amides is 3. The van der Waals surface area contributed by atoms with Gasteiger partial charge >= 0.3 is 12.0 Å². The van der Waals surface area contributed by atoms with Crippen molar-refractivity contribution in [1.29, 1.82) is 0 Å². The first-order valence-electron chi connectivity index (χ1n) is 12.3. The third-order valence-electron chi connectivity index (χ3n) is 6.61. The van der Waals surface area contributed by atoms with Crippen molar-refractivity contribution >= 4 is 46.8 Å². The van der Waals surface area contributed by atoms with Gasteiger partial charge in [0.05, 0.1) is 23.6 Å². The molecule has 9 heteroatoms. The van der Waals surface area contributed by atoms with Crippen LogP contribution in [0.2, 0.25) is 10.0 Å². The van der Waals surface area contributed by atoms with Crippen molar-refractivity contribution in [3.8, 4) is 0 Å². The van der Waals surface area contributed by atoms with Crippen molar-refractivity contribution in [2.75, 3.05) is 12.4 Å². The summed E-state index contributed by atoms with van der Waals surface area (Å²) in [6.07, 6.45) is 1.55. The lowest BCUT2D eigenvalue weighted by molar-refractivity contribution is -0.145. The molecule has 0 saturated carbocycles. The monoisotopic (exact) mass is 553 g/mol. The highest BCUT2D eigenvalue weighted by Gasteiger charge is 2.35. The summed E-state index contributed by atoms with van der Waals surface area (Å²) in [5.74, 6) is -0.646. The Morgan fingerprint density at radius 2 is 1.68 bits per heavy atom. The number of hydrogen-bond acceptors (Lipinski definition) is 4. The Kier molecular flexibility index (Phi) is 9.26. The number of esters is 1. The fourth-order valence-corrected chi connectivity index (χ4v) is 4.91. The van der Waals surface area contributed by atoms with Gasteiger partial charge in [0, 0.05) is 18.3 Å².